The standard InChI is InChI=1S/C16H26N2O2S/c1-4-17-13(2)14-8-7-9-15(12-14)21(19,20)18-16(3)10-5-6-11-16/h7-9,12-13,17-18H,4-6,10-11H2,1-3H3. The van der Waals surface area contributed by atoms with E-state index in [2.05, 4.69) is 10.0 Å². The van der Waals surface area contributed by atoms with Crippen LogP contribution in [0.3, 0.4) is 0 Å². The highest BCUT2D eigenvalue weighted by Gasteiger charge is 2.33. The quantitative estimate of drug-likeness (QED) is 0.849. The van der Waals surface area contributed by atoms with Crippen LogP contribution in [0.4, 0.5) is 0 Å². The zero-order valence-corrected chi connectivity index (χ0v) is 14.0. The summed E-state index contributed by atoms with van der Waals surface area (Å²) in [6.45, 7) is 6.94. The highest BCUT2D eigenvalue weighted by molar-refractivity contribution is 7.89. The number of nitrogens with one attached hydrogen (secondary N) is 2. The normalized spacial score (nSPS) is 19.6. The largest absolute Gasteiger partial charge is 0.310 e. The Morgan fingerprint density at radius 2 is 1.95 bits per heavy atom. The van der Waals surface area contributed by atoms with Crippen molar-refractivity contribution in [2.75, 3.05) is 6.54 Å². The van der Waals surface area contributed by atoms with E-state index in [1.165, 1.54) is 0 Å². The topological polar surface area (TPSA) is 58.2 Å². The zero-order chi connectivity index (χ0) is 15.5. The van der Waals surface area contributed by atoms with Gasteiger partial charge in [-0.05, 0) is 50.9 Å². The minimum Gasteiger partial charge on any atom is -0.310 e. The van der Waals surface area contributed by atoms with Gasteiger partial charge in [0.05, 0.1) is 4.90 Å². The number of sulfonamides is 1. The molecule has 1 saturated carbocycles. The molecule has 0 saturated heterocycles. The Morgan fingerprint density at radius 1 is 1.29 bits per heavy atom. The number of hydrogen-bond donors (Lipinski definition) is 2. The van der Waals surface area contributed by atoms with Crippen molar-refractivity contribution in [3.8, 4) is 0 Å². The summed E-state index contributed by atoms with van der Waals surface area (Å²) in [5.74, 6) is 0. The summed E-state index contributed by atoms with van der Waals surface area (Å²) in [7, 11) is -3.45. The van der Waals surface area contributed by atoms with E-state index in [4.69, 9.17) is 0 Å². The fourth-order valence-corrected chi connectivity index (χ4v) is 4.54. The Bertz CT molecular complexity index is 578. The molecule has 2 rings (SSSR count). The number of rotatable bonds is 6. The van der Waals surface area contributed by atoms with Gasteiger partial charge in [-0.1, -0.05) is 31.9 Å². The van der Waals surface area contributed by atoms with Crippen molar-refractivity contribution in [1.82, 2.24) is 10.0 Å². The Labute approximate surface area is 128 Å². The molecule has 1 aliphatic carbocycles. The second-order valence-corrected chi connectivity index (χ2v) is 7.91. The average molecular weight is 310 g/mol. The molecule has 21 heavy (non-hydrogen) atoms. The summed E-state index contributed by atoms with van der Waals surface area (Å²) in [6, 6.07) is 7.36. The molecule has 0 aromatic heterocycles. The molecular formula is C16H26N2O2S. The maximum atomic E-state index is 12.6. The number of benzene rings is 1. The molecule has 2 N–H and O–H groups in total. The fourth-order valence-electron chi connectivity index (χ4n) is 3.02. The summed E-state index contributed by atoms with van der Waals surface area (Å²) >= 11 is 0. The van der Waals surface area contributed by atoms with Gasteiger partial charge in [0.1, 0.15) is 0 Å². The molecule has 1 fully saturated rings. The maximum Gasteiger partial charge on any atom is 0.241 e. The fraction of sp³-hybridized carbons (Fsp3) is 0.625. The Morgan fingerprint density at radius 3 is 2.57 bits per heavy atom. The van der Waals surface area contributed by atoms with Crippen LogP contribution < -0.4 is 10.0 Å². The molecule has 4 nitrogen and oxygen atoms in total. The average Bonchev–Trinajstić information content (AvgIpc) is 2.85. The van der Waals surface area contributed by atoms with Crippen LogP contribution in [-0.4, -0.2) is 20.5 Å². The van der Waals surface area contributed by atoms with Crippen LogP contribution in [-0.2, 0) is 10.0 Å². The van der Waals surface area contributed by atoms with Crippen LogP contribution in [0.25, 0.3) is 0 Å². The van der Waals surface area contributed by atoms with E-state index >= 15 is 0 Å². The smallest absolute Gasteiger partial charge is 0.241 e. The van der Waals surface area contributed by atoms with Gasteiger partial charge >= 0.3 is 0 Å². The van der Waals surface area contributed by atoms with E-state index in [-0.39, 0.29) is 11.6 Å². The molecule has 1 unspecified atom stereocenters. The molecule has 1 aliphatic rings. The molecule has 0 bridgehead atoms. The molecule has 0 aliphatic heterocycles. The van der Waals surface area contributed by atoms with Crippen molar-refractivity contribution in [2.45, 2.75) is 62.9 Å². The van der Waals surface area contributed by atoms with Gasteiger partial charge in [-0.2, -0.15) is 0 Å². The van der Waals surface area contributed by atoms with E-state index in [9.17, 15) is 8.42 Å². The molecule has 0 radical (unpaired) electrons. The van der Waals surface area contributed by atoms with Crippen LogP contribution in [0.2, 0.25) is 0 Å². The van der Waals surface area contributed by atoms with Crippen LogP contribution >= 0.6 is 0 Å². The van der Waals surface area contributed by atoms with E-state index in [1.54, 1.807) is 12.1 Å². The minimum atomic E-state index is -3.45. The molecule has 1 aromatic carbocycles. The first-order valence-corrected chi connectivity index (χ1v) is 9.22. The van der Waals surface area contributed by atoms with E-state index in [0.29, 0.717) is 4.90 Å². The highest BCUT2D eigenvalue weighted by Crippen LogP contribution is 2.30. The van der Waals surface area contributed by atoms with Crippen LogP contribution in [0.5, 0.6) is 0 Å². The first-order valence-electron chi connectivity index (χ1n) is 7.74. The third kappa shape index (κ3) is 4.05. The van der Waals surface area contributed by atoms with Gasteiger partial charge in [-0.25, -0.2) is 13.1 Å². The van der Waals surface area contributed by atoms with Gasteiger partial charge in [0.15, 0.2) is 0 Å². The van der Waals surface area contributed by atoms with Crippen LogP contribution in [0.15, 0.2) is 29.2 Å². The maximum absolute atomic E-state index is 12.6. The molecule has 1 atom stereocenters. The summed E-state index contributed by atoms with van der Waals surface area (Å²) in [5, 5.41) is 3.31. The van der Waals surface area contributed by atoms with Gasteiger partial charge in [-0.3, -0.25) is 0 Å². The van der Waals surface area contributed by atoms with E-state index < -0.39 is 10.0 Å². The van der Waals surface area contributed by atoms with Gasteiger partial charge in [0.25, 0.3) is 0 Å². The van der Waals surface area contributed by atoms with Gasteiger partial charge in [0, 0.05) is 11.6 Å². The number of hydrogen-bond acceptors (Lipinski definition) is 3. The predicted molar refractivity (Wildman–Crippen MR) is 85.7 cm³/mol. The summed E-state index contributed by atoms with van der Waals surface area (Å²) < 4.78 is 28.1. The zero-order valence-electron chi connectivity index (χ0n) is 13.1. The predicted octanol–water partition coefficient (Wildman–Crippen LogP) is 2.97. The van der Waals surface area contributed by atoms with Crippen molar-refractivity contribution in [3.63, 3.8) is 0 Å². The van der Waals surface area contributed by atoms with Crippen molar-refractivity contribution in [2.24, 2.45) is 0 Å². The first kappa shape index (κ1) is 16.5. The lowest BCUT2D eigenvalue weighted by Crippen LogP contribution is -2.43. The van der Waals surface area contributed by atoms with E-state index in [0.717, 1.165) is 37.8 Å². The Balaban J connectivity index is 2.22. The van der Waals surface area contributed by atoms with Crippen LogP contribution in [0, 0.1) is 0 Å². The minimum absolute atomic E-state index is 0.146. The molecule has 118 valence electrons. The summed E-state index contributed by atoms with van der Waals surface area (Å²) in [6.07, 6.45) is 4.02. The van der Waals surface area contributed by atoms with E-state index in [1.807, 2.05) is 32.9 Å². The second kappa shape index (κ2) is 6.46. The van der Waals surface area contributed by atoms with Crippen molar-refractivity contribution in [3.05, 3.63) is 29.8 Å². The summed E-state index contributed by atoms with van der Waals surface area (Å²) in [5.41, 5.74) is 0.707. The lowest BCUT2D eigenvalue weighted by molar-refractivity contribution is 0.427. The molecule has 0 spiro atoms. The lowest BCUT2D eigenvalue weighted by atomic mass is 10.0. The van der Waals surface area contributed by atoms with Gasteiger partial charge < -0.3 is 5.32 Å². The Kier molecular flexibility index (Phi) is 5.07. The summed E-state index contributed by atoms with van der Waals surface area (Å²) in [4.78, 5) is 0.359. The Hall–Kier alpha value is -0.910. The molecule has 1 aromatic rings. The highest BCUT2D eigenvalue weighted by atomic mass is 32.2. The first-order chi connectivity index (χ1) is 9.86. The van der Waals surface area contributed by atoms with Crippen molar-refractivity contribution in [1.29, 1.82) is 0 Å². The van der Waals surface area contributed by atoms with Gasteiger partial charge in [-0.15, -0.1) is 0 Å². The third-order valence-corrected chi connectivity index (χ3v) is 5.90. The molecule has 5 heteroatoms. The van der Waals surface area contributed by atoms with Crippen molar-refractivity contribution < 1.29 is 8.42 Å². The van der Waals surface area contributed by atoms with Crippen molar-refractivity contribution >= 4 is 10.0 Å². The monoisotopic (exact) mass is 310 g/mol. The molecule has 0 heterocycles. The SMILES string of the molecule is CCNC(C)c1cccc(S(=O)(=O)NC2(C)CCCC2)c1. The van der Waals surface area contributed by atoms with Crippen LogP contribution in [0.1, 0.15) is 58.1 Å². The second-order valence-electron chi connectivity index (χ2n) is 6.23. The molecule has 0 amide bonds. The lowest BCUT2D eigenvalue weighted by Gasteiger charge is -2.25. The third-order valence-electron chi connectivity index (χ3n) is 4.27. The molecular weight excluding hydrogens is 284 g/mol. The van der Waals surface area contributed by atoms with Gasteiger partial charge in [0.2, 0.25) is 10.0 Å².